The molecule has 6 heteroatoms. The molecule has 0 aliphatic carbocycles. The smallest absolute Gasteiger partial charge is 0.306 e. The fourth-order valence-corrected chi connectivity index (χ4v) is 6.36. The summed E-state index contributed by atoms with van der Waals surface area (Å²) in [7, 11) is 0. The molecule has 3 unspecified atom stereocenters. The van der Waals surface area contributed by atoms with E-state index in [9.17, 15) is 19.8 Å². The van der Waals surface area contributed by atoms with Gasteiger partial charge in [0.1, 0.15) is 6.10 Å². The van der Waals surface area contributed by atoms with Crippen molar-refractivity contribution in [3.8, 4) is 0 Å². The van der Waals surface area contributed by atoms with Gasteiger partial charge in [-0.2, -0.15) is 0 Å². The van der Waals surface area contributed by atoms with Crippen LogP contribution in [0.2, 0.25) is 0 Å². The Balaban J connectivity index is 4.67. The number of nitrogens with one attached hydrogen (secondary N) is 1. The monoisotopic (exact) mass is 730 g/mol. The van der Waals surface area contributed by atoms with Crippen LogP contribution in [-0.2, 0) is 14.3 Å². The number of carbonyl (C=O) groups is 2. The first-order valence-electron chi connectivity index (χ1n) is 21.9. The SMILES string of the molecule is CC/C=C/C=C/C=C\CCCCCC(CC(=O)NC(CO)C(O)CCCCCCCCCCC)OC(=O)CCCCC/C=C\CCCCCCCC. The predicted octanol–water partition coefficient (Wildman–Crippen LogP) is 12.3. The number of aliphatic hydroxyl groups is 2. The summed E-state index contributed by atoms with van der Waals surface area (Å²) in [5, 5.41) is 23.5. The molecule has 0 saturated heterocycles. The van der Waals surface area contributed by atoms with E-state index >= 15 is 0 Å². The average Bonchev–Trinajstić information content (AvgIpc) is 3.13. The summed E-state index contributed by atoms with van der Waals surface area (Å²) in [5.74, 6) is -0.532. The molecule has 0 aliphatic heterocycles. The number of allylic oxidation sites excluding steroid dienone is 8. The normalized spacial score (nSPS) is 13.9. The molecule has 0 aromatic carbocycles. The molecular formula is C46H83NO5. The number of ether oxygens (including phenoxy) is 1. The molecule has 0 rings (SSSR count). The van der Waals surface area contributed by atoms with Gasteiger partial charge in [-0.25, -0.2) is 0 Å². The highest BCUT2D eigenvalue weighted by Gasteiger charge is 2.24. The van der Waals surface area contributed by atoms with E-state index in [1.54, 1.807) is 0 Å². The van der Waals surface area contributed by atoms with E-state index in [4.69, 9.17) is 4.74 Å². The molecule has 0 heterocycles. The van der Waals surface area contributed by atoms with Crippen LogP contribution in [0.25, 0.3) is 0 Å². The van der Waals surface area contributed by atoms with Gasteiger partial charge in [-0.15, -0.1) is 0 Å². The Morgan fingerprint density at radius 2 is 1.06 bits per heavy atom. The standard InChI is InChI=1S/C46H83NO5/c1-4-7-10-13-16-19-21-22-24-27-30-33-36-39-46(51)52-42(37-34-31-28-26-23-20-17-14-11-8-5-2)40-45(50)47-43(41-48)44(49)38-35-32-29-25-18-15-12-9-6-3/h8,11,14,17,20,22-24,42-44,48-49H,4-7,9-10,12-13,15-16,18-19,21,25-41H2,1-3H3,(H,47,50)/b11-8+,17-14+,23-20-,24-22-. The Kier molecular flexibility index (Phi) is 38.3. The minimum Gasteiger partial charge on any atom is -0.462 e. The van der Waals surface area contributed by atoms with E-state index in [2.05, 4.69) is 62.5 Å². The first-order valence-corrected chi connectivity index (χ1v) is 21.9. The van der Waals surface area contributed by atoms with Crippen LogP contribution >= 0.6 is 0 Å². The molecular weight excluding hydrogens is 647 g/mol. The number of aliphatic hydroxyl groups excluding tert-OH is 2. The fraction of sp³-hybridized carbons (Fsp3) is 0.783. The number of carbonyl (C=O) groups excluding carboxylic acids is 2. The molecule has 0 aromatic rings. The average molecular weight is 730 g/mol. The van der Waals surface area contributed by atoms with Crippen LogP contribution in [0.1, 0.15) is 207 Å². The van der Waals surface area contributed by atoms with Crippen molar-refractivity contribution in [2.75, 3.05) is 6.61 Å². The van der Waals surface area contributed by atoms with Crippen molar-refractivity contribution in [2.45, 2.75) is 225 Å². The third-order valence-corrected chi connectivity index (χ3v) is 9.70. The zero-order chi connectivity index (χ0) is 38.2. The number of rotatable bonds is 38. The van der Waals surface area contributed by atoms with Crippen LogP contribution in [0.3, 0.4) is 0 Å². The van der Waals surface area contributed by atoms with Crippen molar-refractivity contribution in [3.05, 3.63) is 48.6 Å². The van der Waals surface area contributed by atoms with Crippen molar-refractivity contribution < 1.29 is 24.5 Å². The molecule has 302 valence electrons. The van der Waals surface area contributed by atoms with Crippen molar-refractivity contribution in [1.82, 2.24) is 5.32 Å². The van der Waals surface area contributed by atoms with Gasteiger partial charge in [0.2, 0.25) is 5.91 Å². The highest BCUT2D eigenvalue weighted by atomic mass is 16.5. The van der Waals surface area contributed by atoms with Gasteiger partial charge in [0, 0.05) is 6.42 Å². The molecule has 0 saturated carbocycles. The number of esters is 1. The summed E-state index contributed by atoms with van der Waals surface area (Å²) in [4.78, 5) is 25.9. The van der Waals surface area contributed by atoms with Gasteiger partial charge in [-0.3, -0.25) is 9.59 Å². The predicted molar refractivity (Wildman–Crippen MR) is 222 cm³/mol. The summed E-state index contributed by atoms with van der Waals surface area (Å²) in [6.45, 7) is 6.28. The largest absolute Gasteiger partial charge is 0.462 e. The second kappa shape index (κ2) is 40.0. The molecule has 0 aliphatic rings. The zero-order valence-electron chi connectivity index (χ0n) is 34.2. The van der Waals surface area contributed by atoms with Crippen LogP contribution in [0.4, 0.5) is 0 Å². The molecule has 52 heavy (non-hydrogen) atoms. The van der Waals surface area contributed by atoms with Gasteiger partial charge in [0.25, 0.3) is 0 Å². The number of unbranched alkanes of at least 4 members (excludes halogenated alkanes) is 20. The number of amides is 1. The van der Waals surface area contributed by atoms with Crippen molar-refractivity contribution in [2.24, 2.45) is 0 Å². The van der Waals surface area contributed by atoms with Crippen LogP contribution in [0.5, 0.6) is 0 Å². The summed E-state index contributed by atoms with van der Waals surface area (Å²) in [6.07, 6.45) is 46.0. The molecule has 0 bridgehead atoms. The third-order valence-electron chi connectivity index (χ3n) is 9.70. The first-order chi connectivity index (χ1) is 25.5. The molecule has 0 fully saturated rings. The number of hydrogen-bond donors (Lipinski definition) is 3. The van der Waals surface area contributed by atoms with Gasteiger partial charge in [0.15, 0.2) is 0 Å². The minimum absolute atomic E-state index is 0.0480. The van der Waals surface area contributed by atoms with Crippen LogP contribution in [0.15, 0.2) is 48.6 Å². The van der Waals surface area contributed by atoms with Crippen LogP contribution in [-0.4, -0.2) is 46.9 Å². The Morgan fingerprint density at radius 1 is 0.577 bits per heavy atom. The molecule has 0 spiro atoms. The Bertz CT molecular complexity index is 910. The minimum atomic E-state index is -0.796. The second-order valence-corrected chi connectivity index (χ2v) is 14.8. The van der Waals surface area contributed by atoms with E-state index < -0.39 is 18.2 Å². The summed E-state index contributed by atoms with van der Waals surface area (Å²) < 4.78 is 5.86. The van der Waals surface area contributed by atoms with Crippen molar-refractivity contribution in [1.29, 1.82) is 0 Å². The lowest BCUT2D eigenvalue weighted by molar-refractivity contribution is -0.151. The van der Waals surface area contributed by atoms with E-state index in [1.807, 2.05) is 12.2 Å². The number of hydrogen-bond acceptors (Lipinski definition) is 5. The second-order valence-electron chi connectivity index (χ2n) is 14.8. The molecule has 6 nitrogen and oxygen atoms in total. The summed E-state index contributed by atoms with van der Waals surface area (Å²) in [6, 6.07) is -0.712. The topological polar surface area (TPSA) is 95.9 Å². The molecule has 3 atom stereocenters. The highest BCUT2D eigenvalue weighted by molar-refractivity contribution is 5.77. The molecule has 3 N–H and O–H groups in total. The van der Waals surface area contributed by atoms with E-state index in [-0.39, 0.29) is 24.9 Å². The highest BCUT2D eigenvalue weighted by Crippen LogP contribution is 2.16. The summed E-state index contributed by atoms with van der Waals surface area (Å²) >= 11 is 0. The molecule has 0 aromatic heterocycles. The quantitative estimate of drug-likeness (QED) is 0.0254. The van der Waals surface area contributed by atoms with Crippen LogP contribution < -0.4 is 5.32 Å². The maximum absolute atomic E-state index is 13.1. The zero-order valence-corrected chi connectivity index (χ0v) is 34.2. The lowest BCUT2D eigenvalue weighted by Gasteiger charge is -2.24. The molecule has 0 radical (unpaired) electrons. The summed E-state index contributed by atoms with van der Waals surface area (Å²) in [5.41, 5.74) is 0. The Labute approximate surface area is 321 Å². The van der Waals surface area contributed by atoms with Gasteiger partial charge in [0.05, 0.1) is 25.2 Å². The van der Waals surface area contributed by atoms with Crippen LogP contribution in [0, 0.1) is 0 Å². The van der Waals surface area contributed by atoms with Gasteiger partial charge < -0.3 is 20.3 Å². The molecule has 1 amide bonds. The Morgan fingerprint density at radius 3 is 1.63 bits per heavy atom. The first kappa shape index (κ1) is 49.8. The Hall–Kier alpha value is -2.18. The lowest BCUT2D eigenvalue weighted by atomic mass is 10.0. The van der Waals surface area contributed by atoms with Crippen molar-refractivity contribution >= 4 is 11.9 Å². The lowest BCUT2D eigenvalue weighted by Crippen LogP contribution is -2.46. The van der Waals surface area contributed by atoms with Gasteiger partial charge in [-0.05, 0) is 70.6 Å². The van der Waals surface area contributed by atoms with E-state index in [1.165, 1.54) is 77.0 Å². The third kappa shape index (κ3) is 34.9. The maximum Gasteiger partial charge on any atom is 0.306 e. The van der Waals surface area contributed by atoms with Gasteiger partial charge >= 0.3 is 5.97 Å². The van der Waals surface area contributed by atoms with Crippen molar-refractivity contribution in [3.63, 3.8) is 0 Å². The maximum atomic E-state index is 13.1. The van der Waals surface area contributed by atoms with E-state index in [0.717, 1.165) is 83.5 Å². The fourth-order valence-electron chi connectivity index (χ4n) is 6.36. The van der Waals surface area contributed by atoms with Gasteiger partial charge in [-0.1, -0.05) is 172 Å². The van der Waals surface area contributed by atoms with E-state index in [0.29, 0.717) is 19.3 Å².